The average molecular weight is 293 g/mol. The predicted molar refractivity (Wildman–Crippen MR) is 73.4 cm³/mol. The van der Waals surface area contributed by atoms with Crippen LogP contribution in [0, 0.1) is 23.1 Å². The molecule has 1 fully saturated rings. The predicted octanol–water partition coefficient (Wildman–Crippen LogP) is 1.32. The van der Waals surface area contributed by atoms with Crippen molar-refractivity contribution in [3.63, 3.8) is 0 Å². The molecule has 1 unspecified atom stereocenters. The number of rotatable bonds is 3. The minimum absolute atomic E-state index is 0.160. The quantitative estimate of drug-likeness (QED) is 0.821. The minimum Gasteiger partial charge on any atom is -0.506 e. The summed E-state index contributed by atoms with van der Waals surface area (Å²) in [4.78, 5) is 13.9. The van der Waals surface area contributed by atoms with Crippen molar-refractivity contribution in [1.82, 2.24) is 4.90 Å². The summed E-state index contributed by atoms with van der Waals surface area (Å²) in [5, 5.41) is 21.1. The zero-order valence-electron chi connectivity index (χ0n) is 11.8. The van der Waals surface area contributed by atoms with Gasteiger partial charge in [-0.1, -0.05) is 0 Å². The van der Waals surface area contributed by atoms with E-state index in [1.165, 1.54) is 13.2 Å². The van der Waals surface area contributed by atoms with Crippen molar-refractivity contribution in [2.75, 3.05) is 26.0 Å². The molecule has 1 aliphatic heterocycles. The first kappa shape index (κ1) is 15.1. The fraction of sp³-hybridized carbons (Fsp3) is 0.429. The fourth-order valence-corrected chi connectivity index (χ4v) is 2.37. The number of benzene rings is 1. The highest BCUT2D eigenvalue weighted by molar-refractivity contribution is 5.94. The number of amides is 1. The maximum Gasteiger partial charge on any atom is 0.229 e. The third-order valence-corrected chi connectivity index (χ3v) is 3.59. The van der Waals surface area contributed by atoms with E-state index in [1.54, 1.807) is 11.9 Å². The second-order valence-electron chi connectivity index (χ2n) is 5.01. The number of halogens is 1. The first-order chi connectivity index (χ1) is 9.96. The summed E-state index contributed by atoms with van der Waals surface area (Å²) < 4.78 is 18.7. The average Bonchev–Trinajstić information content (AvgIpc) is 2.83. The number of nitrogens with zero attached hydrogens (tertiary/aromatic N) is 2. The Morgan fingerprint density at radius 2 is 2.33 bits per heavy atom. The number of anilines is 1. The monoisotopic (exact) mass is 293 g/mol. The van der Waals surface area contributed by atoms with Crippen LogP contribution in [0.4, 0.5) is 10.1 Å². The Labute approximate surface area is 121 Å². The summed E-state index contributed by atoms with van der Waals surface area (Å²) in [5.41, 5.74) is -0.274. The molecule has 0 saturated carbocycles. The maximum absolute atomic E-state index is 13.8. The van der Waals surface area contributed by atoms with E-state index in [1.807, 2.05) is 0 Å². The van der Waals surface area contributed by atoms with E-state index in [2.05, 4.69) is 11.4 Å². The lowest BCUT2D eigenvalue weighted by Crippen LogP contribution is -2.26. The molecule has 7 heteroatoms. The smallest absolute Gasteiger partial charge is 0.229 e. The molecule has 1 aliphatic rings. The molecule has 1 aromatic carbocycles. The number of ether oxygens (including phenoxy) is 1. The van der Waals surface area contributed by atoms with Crippen LogP contribution in [0.5, 0.6) is 11.5 Å². The van der Waals surface area contributed by atoms with Gasteiger partial charge in [-0.3, -0.25) is 9.69 Å². The SMILES string of the molecule is COc1cc(O)c(NC(=O)[C@H]2CC(C#N)N(C)C2)c(F)c1. The molecule has 1 saturated heterocycles. The van der Waals surface area contributed by atoms with E-state index in [0.29, 0.717) is 13.0 Å². The number of nitrogens with one attached hydrogen (secondary N) is 1. The van der Waals surface area contributed by atoms with Gasteiger partial charge in [-0.15, -0.1) is 0 Å². The number of hydrogen-bond donors (Lipinski definition) is 2. The van der Waals surface area contributed by atoms with Gasteiger partial charge in [0, 0.05) is 18.7 Å². The Balaban J connectivity index is 2.13. The lowest BCUT2D eigenvalue weighted by molar-refractivity contribution is -0.119. The van der Waals surface area contributed by atoms with Crippen LogP contribution < -0.4 is 10.1 Å². The molecule has 6 nitrogen and oxygen atoms in total. The van der Waals surface area contributed by atoms with Gasteiger partial charge in [0.15, 0.2) is 5.82 Å². The van der Waals surface area contributed by atoms with E-state index in [9.17, 15) is 14.3 Å². The Kier molecular flexibility index (Phi) is 4.29. The van der Waals surface area contributed by atoms with Crippen molar-refractivity contribution in [3.8, 4) is 17.6 Å². The number of phenols is 1. The van der Waals surface area contributed by atoms with Gasteiger partial charge in [0.2, 0.25) is 5.91 Å². The Morgan fingerprint density at radius 1 is 1.62 bits per heavy atom. The maximum atomic E-state index is 13.8. The standard InChI is InChI=1S/C14H16FN3O3/c1-18-7-8(3-9(18)6-16)14(20)17-13-11(15)4-10(21-2)5-12(13)19/h4-5,8-9,19H,3,7H2,1-2H3,(H,17,20)/t8-,9?/m0/s1. The van der Waals surface area contributed by atoms with Crippen LogP contribution in [0.2, 0.25) is 0 Å². The lowest BCUT2D eigenvalue weighted by Gasteiger charge is -2.13. The van der Waals surface area contributed by atoms with Crippen molar-refractivity contribution < 1.29 is 19.0 Å². The molecule has 21 heavy (non-hydrogen) atoms. The molecule has 0 bridgehead atoms. The molecule has 2 atom stereocenters. The zero-order valence-corrected chi connectivity index (χ0v) is 11.8. The van der Waals surface area contributed by atoms with E-state index >= 15 is 0 Å². The number of likely N-dealkylation sites (tertiary alicyclic amines) is 1. The fourth-order valence-electron chi connectivity index (χ4n) is 2.37. The number of hydrogen-bond acceptors (Lipinski definition) is 5. The normalized spacial score (nSPS) is 21.8. The van der Waals surface area contributed by atoms with Gasteiger partial charge in [-0.05, 0) is 13.5 Å². The van der Waals surface area contributed by atoms with Gasteiger partial charge < -0.3 is 15.2 Å². The Bertz CT molecular complexity index is 577. The largest absolute Gasteiger partial charge is 0.506 e. The van der Waals surface area contributed by atoms with E-state index in [-0.39, 0.29) is 17.5 Å². The van der Waals surface area contributed by atoms with Gasteiger partial charge in [-0.25, -0.2) is 4.39 Å². The Morgan fingerprint density at radius 3 is 2.86 bits per heavy atom. The molecule has 0 spiro atoms. The number of methoxy groups -OCH3 is 1. The molecule has 0 aromatic heterocycles. The zero-order chi connectivity index (χ0) is 15.6. The summed E-state index contributed by atoms with van der Waals surface area (Å²) in [6.45, 7) is 0.419. The summed E-state index contributed by atoms with van der Waals surface area (Å²) in [5.74, 6) is -1.85. The minimum atomic E-state index is -0.775. The highest BCUT2D eigenvalue weighted by atomic mass is 19.1. The van der Waals surface area contributed by atoms with Gasteiger partial charge in [-0.2, -0.15) is 5.26 Å². The molecule has 112 valence electrons. The van der Waals surface area contributed by atoms with Crippen LogP contribution in [-0.2, 0) is 4.79 Å². The van der Waals surface area contributed by atoms with Crippen LogP contribution in [0.3, 0.4) is 0 Å². The first-order valence-corrected chi connectivity index (χ1v) is 6.43. The van der Waals surface area contributed by atoms with Crippen LogP contribution >= 0.6 is 0 Å². The topological polar surface area (TPSA) is 85.6 Å². The third kappa shape index (κ3) is 3.06. The molecule has 1 amide bonds. The summed E-state index contributed by atoms with van der Waals surface area (Å²) in [7, 11) is 3.11. The number of nitriles is 1. The van der Waals surface area contributed by atoms with Crippen molar-refractivity contribution in [1.29, 1.82) is 5.26 Å². The molecular formula is C14H16FN3O3. The number of carbonyl (C=O) groups is 1. The summed E-state index contributed by atoms with van der Waals surface area (Å²) in [6, 6.07) is 4.08. The van der Waals surface area contributed by atoms with Crippen LogP contribution in [0.15, 0.2) is 12.1 Å². The lowest BCUT2D eigenvalue weighted by atomic mass is 10.1. The van der Waals surface area contributed by atoms with E-state index in [0.717, 1.165) is 6.07 Å². The molecule has 0 aliphatic carbocycles. The van der Waals surface area contributed by atoms with Gasteiger partial charge in [0.1, 0.15) is 17.2 Å². The van der Waals surface area contributed by atoms with Crippen molar-refractivity contribution in [2.24, 2.45) is 5.92 Å². The van der Waals surface area contributed by atoms with Crippen molar-refractivity contribution >= 4 is 11.6 Å². The second kappa shape index (κ2) is 5.97. The molecule has 1 aromatic rings. The number of carbonyl (C=O) groups excluding carboxylic acids is 1. The van der Waals surface area contributed by atoms with Gasteiger partial charge in [0.05, 0.1) is 25.1 Å². The van der Waals surface area contributed by atoms with Gasteiger partial charge in [0.25, 0.3) is 0 Å². The Hall–Kier alpha value is -2.33. The van der Waals surface area contributed by atoms with Crippen LogP contribution in [0.1, 0.15) is 6.42 Å². The number of aromatic hydroxyl groups is 1. The van der Waals surface area contributed by atoms with Crippen molar-refractivity contribution in [3.05, 3.63) is 17.9 Å². The third-order valence-electron chi connectivity index (χ3n) is 3.59. The summed E-state index contributed by atoms with van der Waals surface area (Å²) in [6.07, 6.45) is 0.386. The van der Waals surface area contributed by atoms with Gasteiger partial charge >= 0.3 is 0 Å². The molecular weight excluding hydrogens is 277 g/mol. The highest BCUT2D eigenvalue weighted by Crippen LogP contribution is 2.32. The molecule has 2 N–H and O–H groups in total. The summed E-state index contributed by atoms with van der Waals surface area (Å²) >= 11 is 0. The van der Waals surface area contributed by atoms with Crippen LogP contribution in [0.25, 0.3) is 0 Å². The first-order valence-electron chi connectivity index (χ1n) is 6.43. The number of phenolic OH excluding ortho intramolecular Hbond substituents is 1. The molecule has 2 rings (SSSR count). The highest BCUT2D eigenvalue weighted by Gasteiger charge is 2.34. The van der Waals surface area contributed by atoms with Crippen LogP contribution in [-0.4, -0.2) is 42.7 Å². The van der Waals surface area contributed by atoms with E-state index in [4.69, 9.17) is 10.00 Å². The molecule has 1 heterocycles. The second-order valence-corrected chi connectivity index (χ2v) is 5.01. The van der Waals surface area contributed by atoms with E-state index < -0.39 is 23.4 Å². The van der Waals surface area contributed by atoms with Crippen molar-refractivity contribution in [2.45, 2.75) is 12.5 Å². The molecule has 0 radical (unpaired) electrons.